The molecule has 3 N–H and O–H groups in total. The summed E-state index contributed by atoms with van der Waals surface area (Å²) in [4.78, 5) is 12.9. The van der Waals surface area contributed by atoms with E-state index in [2.05, 4.69) is 21.2 Å². The van der Waals surface area contributed by atoms with Gasteiger partial charge in [-0.05, 0) is 32.4 Å². The minimum Gasteiger partial charge on any atom is -0.397 e. The van der Waals surface area contributed by atoms with Gasteiger partial charge in [0.15, 0.2) is 0 Å². The lowest BCUT2D eigenvalue weighted by molar-refractivity contribution is 0.0916. The molecule has 2 rings (SSSR count). The van der Waals surface area contributed by atoms with Gasteiger partial charge < -0.3 is 11.1 Å². The molecule has 0 saturated heterocycles. The predicted molar refractivity (Wildman–Crippen MR) is 85.8 cm³/mol. The lowest BCUT2D eigenvalue weighted by atomic mass is 10.0. The van der Waals surface area contributed by atoms with E-state index in [1.54, 1.807) is 0 Å². The fourth-order valence-electron chi connectivity index (χ4n) is 1.75. The molecule has 19 heavy (non-hydrogen) atoms. The largest absolute Gasteiger partial charge is 0.397 e. The smallest absolute Gasteiger partial charge is 0.263 e. The van der Waals surface area contributed by atoms with E-state index in [-0.39, 0.29) is 11.4 Å². The molecule has 2 aromatic rings. The number of carbonyl (C=O) groups excluding carboxylic acids is 1. The van der Waals surface area contributed by atoms with E-state index in [1.807, 2.05) is 39.0 Å². The Morgan fingerprint density at radius 3 is 2.74 bits per heavy atom. The summed E-state index contributed by atoms with van der Waals surface area (Å²) in [6.07, 6.45) is 0.868. The minimum atomic E-state index is -0.225. The first-order valence-corrected chi connectivity index (χ1v) is 7.75. The molecule has 1 aromatic heterocycles. The van der Waals surface area contributed by atoms with Gasteiger partial charge in [0.05, 0.1) is 5.69 Å². The summed E-state index contributed by atoms with van der Waals surface area (Å²) in [5.41, 5.74) is 6.45. The van der Waals surface area contributed by atoms with Crippen LogP contribution < -0.4 is 11.1 Å². The third kappa shape index (κ3) is 2.77. The third-order valence-corrected chi connectivity index (χ3v) is 5.07. The SMILES string of the molecule is CCC(C)(C)NC(=O)c1sc2cccc(Br)c2c1N. The van der Waals surface area contributed by atoms with Crippen LogP contribution in [-0.2, 0) is 0 Å². The Balaban J connectivity index is 2.44. The van der Waals surface area contributed by atoms with Crippen LogP contribution in [0.3, 0.4) is 0 Å². The average Bonchev–Trinajstić information content (AvgIpc) is 2.68. The minimum absolute atomic E-state index is 0.0996. The second-order valence-electron chi connectivity index (χ2n) is 5.15. The zero-order valence-corrected chi connectivity index (χ0v) is 13.6. The van der Waals surface area contributed by atoms with Crippen LogP contribution in [0.4, 0.5) is 5.69 Å². The lowest BCUT2D eigenvalue weighted by Gasteiger charge is -2.24. The highest BCUT2D eigenvalue weighted by molar-refractivity contribution is 9.10. The maximum Gasteiger partial charge on any atom is 0.263 e. The molecule has 0 fully saturated rings. The number of nitrogen functional groups attached to an aromatic ring is 1. The van der Waals surface area contributed by atoms with Crippen molar-refractivity contribution in [2.24, 2.45) is 0 Å². The van der Waals surface area contributed by atoms with Gasteiger partial charge in [-0.2, -0.15) is 0 Å². The van der Waals surface area contributed by atoms with Gasteiger partial charge in [-0.1, -0.05) is 28.9 Å². The Kier molecular flexibility index (Phi) is 3.87. The Labute approximate surface area is 125 Å². The molecule has 0 saturated carbocycles. The molecule has 0 aliphatic carbocycles. The third-order valence-electron chi connectivity index (χ3n) is 3.24. The molecular weight excluding hydrogens is 324 g/mol. The number of hydrogen-bond acceptors (Lipinski definition) is 3. The number of halogens is 1. The van der Waals surface area contributed by atoms with Gasteiger partial charge in [-0.3, -0.25) is 4.79 Å². The van der Waals surface area contributed by atoms with Crippen LogP contribution in [0.15, 0.2) is 22.7 Å². The number of nitrogens with one attached hydrogen (secondary N) is 1. The zero-order valence-electron chi connectivity index (χ0n) is 11.2. The van der Waals surface area contributed by atoms with Gasteiger partial charge in [-0.15, -0.1) is 11.3 Å². The van der Waals surface area contributed by atoms with Crippen molar-refractivity contribution in [1.29, 1.82) is 0 Å². The molecule has 0 radical (unpaired) electrons. The summed E-state index contributed by atoms with van der Waals surface area (Å²) in [6, 6.07) is 5.85. The number of benzene rings is 1. The second-order valence-corrected chi connectivity index (χ2v) is 7.06. The molecule has 5 heteroatoms. The highest BCUT2D eigenvalue weighted by atomic mass is 79.9. The van der Waals surface area contributed by atoms with Gasteiger partial charge in [0.25, 0.3) is 5.91 Å². The van der Waals surface area contributed by atoms with E-state index in [9.17, 15) is 4.79 Å². The Morgan fingerprint density at radius 2 is 2.16 bits per heavy atom. The van der Waals surface area contributed by atoms with Gasteiger partial charge in [0.1, 0.15) is 4.88 Å². The molecule has 0 spiro atoms. The van der Waals surface area contributed by atoms with E-state index in [0.29, 0.717) is 10.6 Å². The van der Waals surface area contributed by atoms with Gasteiger partial charge >= 0.3 is 0 Å². The van der Waals surface area contributed by atoms with Crippen LogP contribution in [0.5, 0.6) is 0 Å². The quantitative estimate of drug-likeness (QED) is 0.881. The second kappa shape index (κ2) is 5.13. The maximum absolute atomic E-state index is 12.3. The van der Waals surface area contributed by atoms with Gasteiger partial charge in [-0.25, -0.2) is 0 Å². The van der Waals surface area contributed by atoms with Crippen molar-refractivity contribution in [3.05, 3.63) is 27.5 Å². The molecule has 0 aliphatic heterocycles. The summed E-state index contributed by atoms with van der Waals surface area (Å²) >= 11 is 4.91. The number of thiophene rings is 1. The van der Waals surface area contributed by atoms with Gasteiger partial charge in [0, 0.05) is 20.1 Å². The molecule has 102 valence electrons. The van der Waals surface area contributed by atoms with Crippen molar-refractivity contribution in [1.82, 2.24) is 5.32 Å². The van der Waals surface area contributed by atoms with Crippen LogP contribution in [-0.4, -0.2) is 11.4 Å². The number of amides is 1. The number of anilines is 1. The first-order chi connectivity index (χ1) is 8.85. The normalized spacial score (nSPS) is 11.8. The number of hydrogen-bond donors (Lipinski definition) is 2. The molecule has 0 unspecified atom stereocenters. The van der Waals surface area contributed by atoms with E-state index in [0.717, 1.165) is 21.0 Å². The van der Waals surface area contributed by atoms with Crippen molar-refractivity contribution in [2.75, 3.05) is 5.73 Å². The maximum atomic E-state index is 12.3. The summed E-state index contributed by atoms with van der Waals surface area (Å²) in [5.74, 6) is -0.0996. The summed E-state index contributed by atoms with van der Waals surface area (Å²) in [6.45, 7) is 6.06. The highest BCUT2D eigenvalue weighted by Crippen LogP contribution is 2.38. The average molecular weight is 341 g/mol. The number of carbonyl (C=O) groups is 1. The Bertz CT molecular complexity index is 634. The molecule has 1 aromatic carbocycles. The number of rotatable bonds is 3. The zero-order chi connectivity index (χ0) is 14.2. The van der Waals surface area contributed by atoms with E-state index in [4.69, 9.17) is 5.73 Å². The Hall–Kier alpha value is -1.07. The van der Waals surface area contributed by atoms with Crippen LogP contribution in [0.2, 0.25) is 0 Å². The van der Waals surface area contributed by atoms with Gasteiger partial charge in [0.2, 0.25) is 0 Å². The van der Waals surface area contributed by atoms with Crippen molar-refractivity contribution < 1.29 is 4.79 Å². The molecule has 1 amide bonds. The topological polar surface area (TPSA) is 55.1 Å². The van der Waals surface area contributed by atoms with Crippen molar-refractivity contribution in [3.8, 4) is 0 Å². The van der Waals surface area contributed by atoms with Crippen molar-refractivity contribution in [3.63, 3.8) is 0 Å². The molecular formula is C14H17BrN2OS. The molecule has 1 heterocycles. The standard InChI is InChI=1S/C14H17BrN2OS/c1-4-14(2,3)17-13(18)12-11(16)10-8(15)6-5-7-9(10)19-12/h5-7H,4,16H2,1-3H3,(H,17,18). The predicted octanol–water partition coefficient (Wildman–Crippen LogP) is 4.16. The van der Waals surface area contributed by atoms with Crippen molar-refractivity contribution >= 4 is 48.9 Å². The Morgan fingerprint density at radius 1 is 1.47 bits per heavy atom. The number of nitrogens with two attached hydrogens (primary N) is 1. The molecule has 3 nitrogen and oxygen atoms in total. The lowest BCUT2D eigenvalue weighted by Crippen LogP contribution is -2.42. The highest BCUT2D eigenvalue weighted by Gasteiger charge is 2.23. The molecule has 0 atom stereocenters. The fourth-order valence-corrected chi connectivity index (χ4v) is 3.51. The number of fused-ring (bicyclic) bond motifs is 1. The van der Waals surface area contributed by atoms with Crippen LogP contribution >= 0.6 is 27.3 Å². The molecule has 0 bridgehead atoms. The van der Waals surface area contributed by atoms with Crippen LogP contribution in [0, 0.1) is 0 Å². The monoisotopic (exact) mass is 340 g/mol. The van der Waals surface area contributed by atoms with E-state index in [1.165, 1.54) is 11.3 Å². The van der Waals surface area contributed by atoms with Crippen molar-refractivity contribution in [2.45, 2.75) is 32.7 Å². The first kappa shape index (κ1) is 14.3. The summed E-state index contributed by atoms with van der Waals surface area (Å²) in [5, 5.41) is 3.94. The van der Waals surface area contributed by atoms with Crippen LogP contribution in [0.1, 0.15) is 36.9 Å². The van der Waals surface area contributed by atoms with Crippen LogP contribution in [0.25, 0.3) is 10.1 Å². The summed E-state index contributed by atoms with van der Waals surface area (Å²) in [7, 11) is 0. The fraction of sp³-hybridized carbons (Fsp3) is 0.357. The first-order valence-electron chi connectivity index (χ1n) is 6.14. The van der Waals surface area contributed by atoms with E-state index >= 15 is 0 Å². The summed E-state index contributed by atoms with van der Waals surface area (Å²) < 4.78 is 1.94. The van der Waals surface area contributed by atoms with E-state index < -0.39 is 0 Å². The molecule has 0 aliphatic rings.